The molecule has 0 heterocycles. The normalized spacial score (nSPS) is 28.8. The largest absolute Gasteiger partial charge is 0.370 e. The number of halogens is 1. The third-order valence-corrected chi connectivity index (χ3v) is 2.75. The minimum Gasteiger partial charge on any atom is -0.370 e. The van der Waals surface area contributed by atoms with Crippen molar-refractivity contribution < 1.29 is 5.11 Å². The average Bonchev–Trinajstić information content (AvgIpc) is 2.28. The molecule has 0 amide bonds. The maximum atomic E-state index is 9.85. The highest BCUT2D eigenvalue weighted by Gasteiger charge is 2.29. The molecule has 2 atom stereocenters. The molecule has 3 heteroatoms. The molecule has 0 radical (unpaired) electrons. The quantitative estimate of drug-likeness (QED) is 0.618. The molecule has 2 rings (SSSR count). The van der Waals surface area contributed by atoms with Crippen molar-refractivity contribution in [3.05, 3.63) is 54.6 Å². The third kappa shape index (κ3) is 2.60. The summed E-state index contributed by atoms with van der Waals surface area (Å²) in [6, 6.07) is 9.55. The van der Waals surface area contributed by atoms with E-state index in [1.807, 2.05) is 42.5 Å². The van der Waals surface area contributed by atoms with E-state index in [9.17, 15) is 5.11 Å². The van der Waals surface area contributed by atoms with Crippen LogP contribution >= 0.6 is 11.6 Å². The van der Waals surface area contributed by atoms with Crippen LogP contribution in [0, 0.1) is 5.92 Å². The summed E-state index contributed by atoms with van der Waals surface area (Å²) in [6.45, 7) is 0. The summed E-state index contributed by atoms with van der Waals surface area (Å²) in [7, 11) is 0. The van der Waals surface area contributed by atoms with E-state index in [2.05, 4.69) is 4.99 Å². The van der Waals surface area contributed by atoms with Crippen molar-refractivity contribution in [2.75, 3.05) is 0 Å². The first kappa shape index (κ1) is 11.1. The molecular formula is C13H12ClNO. The van der Waals surface area contributed by atoms with E-state index in [-0.39, 0.29) is 5.92 Å². The summed E-state index contributed by atoms with van der Waals surface area (Å²) in [5, 5.41) is 8.48. The van der Waals surface area contributed by atoms with E-state index in [1.165, 1.54) is 0 Å². The third-order valence-electron chi connectivity index (χ3n) is 2.37. The van der Waals surface area contributed by atoms with Gasteiger partial charge in [-0.15, -0.1) is 0 Å². The number of para-hydroxylation sites is 1. The van der Waals surface area contributed by atoms with Crippen LogP contribution in [-0.2, 0) is 0 Å². The zero-order valence-corrected chi connectivity index (χ0v) is 9.38. The Morgan fingerprint density at radius 3 is 2.69 bits per heavy atom. The second-order valence-corrected chi connectivity index (χ2v) is 4.22. The first-order valence-electron chi connectivity index (χ1n) is 5.05. The molecule has 0 saturated carbocycles. The minimum atomic E-state index is -1.37. The van der Waals surface area contributed by atoms with Crippen molar-refractivity contribution >= 4 is 23.5 Å². The lowest BCUT2D eigenvalue weighted by molar-refractivity contribution is 0.160. The highest BCUT2D eigenvalue weighted by Crippen LogP contribution is 2.27. The number of aliphatic imine (C=N–C) groups is 1. The Balaban J connectivity index is 2.13. The molecule has 0 spiro atoms. The lowest BCUT2D eigenvalue weighted by atomic mass is 9.98. The number of allylic oxidation sites excluding steroid dienone is 2. The summed E-state index contributed by atoms with van der Waals surface area (Å²) in [5.41, 5.74) is 0.845. The molecule has 0 saturated heterocycles. The van der Waals surface area contributed by atoms with E-state index in [1.54, 1.807) is 18.4 Å². The van der Waals surface area contributed by atoms with E-state index in [0.717, 1.165) is 5.69 Å². The van der Waals surface area contributed by atoms with Crippen LogP contribution in [0.2, 0.25) is 0 Å². The van der Waals surface area contributed by atoms with E-state index < -0.39 is 5.06 Å². The van der Waals surface area contributed by atoms with Crippen LogP contribution in [-0.4, -0.2) is 16.4 Å². The Labute approximate surface area is 99.6 Å². The summed E-state index contributed by atoms with van der Waals surface area (Å²) in [6.07, 6.45) is 8.59. The second kappa shape index (κ2) is 4.64. The van der Waals surface area contributed by atoms with E-state index in [4.69, 9.17) is 11.6 Å². The molecule has 82 valence electrons. The smallest absolute Gasteiger partial charge is 0.168 e. The lowest BCUT2D eigenvalue weighted by Gasteiger charge is -2.24. The van der Waals surface area contributed by atoms with Crippen molar-refractivity contribution in [1.29, 1.82) is 0 Å². The molecule has 2 nitrogen and oxygen atoms in total. The molecule has 1 aromatic carbocycles. The number of alkyl halides is 1. The van der Waals surface area contributed by atoms with Crippen LogP contribution in [0.15, 0.2) is 59.6 Å². The fraction of sp³-hybridized carbons (Fsp3) is 0.154. The van der Waals surface area contributed by atoms with Gasteiger partial charge < -0.3 is 5.11 Å². The van der Waals surface area contributed by atoms with Crippen LogP contribution in [0.1, 0.15) is 0 Å². The van der Waals surface area contributed by atoms with Crippen molar-refractivity contribution in [1.82, 2.24) is 0 Å². The molecule has 0 aromatic heterocycles. The van der Waals surface area contributed by atoms with Gasteiger partial charge in [-0.1, -0.05) is 48.0 Å². The number of hydrogen-bond donors (Lipinski definition) is 1. The van der Waals surface area contributed by atoms with Crippen molar-refractivity contribution in [3.63, 3.8) is 0 Å². The molecule has 16 heavy (non-hydrogen) atoms. The molecule has 1 aliphatic carbocycles. The predicted octanol–water partition coefficient (Wildman–Crippen LogP) is 3.06. The van der Waals surface area contributed by atoms with E-state index >= 15 is 0 Å². The summed E-state index contributed by atoms with van der Waals surface area (Å²) in [5.74, 6) is -0.306. The Morgan fingerprint density at radius 2 is 2.00 bits per heavy atom. The highest BCUT2D eigenvalue weighted by molar-refractivity contribution is 6.25. The van der Waals surface area contributed by atoms with Gasteiger partial charge in [0.25, 0.3) is 0 Å². The van der Waals surface area contributed by atoms with Crippen LogP contribution in [0.5, 0.6) is 0 Å². The first-order chi connectivity index (χ1) is 7.68. The van der Waals surface area contributed by atoms with Gasteiger partial charge in [0.2, 0.25) is 0 Å². The van der Waals surface area contributed by atoms with Gasteiger partial charge in [0.1, 0.15) is 0 Å². The van der Waals surface area contributed by atoms with Gasteiger partial charge in [-0.05, 0) is 18.2 Å². The van der Waals surface area contributed by atoms with Gasteiger partial charge in [-0.2, -0.15) is 0 Å². The topological polar surface area (TPSA) is 32.6 Å². The fourth-order valence-electron chi connectivity index (χ4n) is 1.46. The second-order valence-electron chi connectivity index (χ2n) is 3.61. The van der Waals surface area contributed by atoms with Gasteiger partial charge >= 0.3 is 0 Å². The monoisotopic (exact) mass is 233 g/mol. The SMILES string of the molecule is OC1(Cl)C=CC=CC1C=Nc1ccccc1. The molecule has 0 aliphatic heterocycles. The van der Waals surface area contributed by atoms with Gasteiger partial charge in [0.15, 0.2) is 5.06 Å². The Bertz CT molecular complexity index is 435. The zero-order valence-electron chi connectivity index (χ0n) is 8.62. The Hall–Kier alpha value is -1.38. The number of rotatable bonds is 2. The van der Waals surface area contributed by atoms with Crippen molar-refractivity contribution in [3.8, 4) is 0 Å². The summed E-state index contributed by atoms with van der Waals surface area (Å²) >= 11 is 5.93. The first-order valence-corrected chi connectivity index (χ1v) is 5.43. The molecule has 0 fully saturated rings. The number of aliphatic hydroxyl groups is 1. The predicted molar refractivity (Wildman–Crippen MR) is 67.2 cm³/mol. The molecule has 2 unspecified atom stereocenters. The maximum absolute atomic E-state index is 9.85. The minimum absolute atomic E-state index is 0.306. The summed E-state index contributed by atoms with van der Waals surface area (Å²) in [4.78, 5) is 4.27. The van der Waals surface area contributed by atoms with E-state index in [0.29, 0.717) is 0 Å². The number of nitrogens with zero attached hydrogens (tertiary/aromatic N) is 1. The number of benzene rings is 1. The van der Waals surface area contributed by atoms with Gasteiger partial charge in [0.05, 0.1) is 11.6 Å². The molecule has 0 bridgehead atoms. The van der Waals surface area contributed by atoms with Crippen LogP contribution in [0.3, 0.4) is 0 Å². The lowest BCUT2D eigenvalue weighted by Crippen LogP contribution is -2.30. The molecule has 1 aromatic rings. The standard InChI is InChI=1S/C13H12ClNO/c14-13(16)9-5-4-6-11(13)10-15-12-7-2-1-3-8-12/h1-11,16H. The molecule has 1 aliphatic rings. The van der Waals surface area contributed by atoms with Crippen LogP contribution < -0.4 is 0 Å². The van der Waals surface area contributed by atoms with Crippen LogP contribution in [0.4, 0.5) is 5.69 Å². The fourth-order valence-corrected chi connectivity index (χ4v) is 1.66. The molecule has 1 N–H and O–H groups in total. The van der Waals surface area contributed by atoms with Crippen molar-refractivity contribution in [2.45, 2.75) is 5.06 Å². The van der Waals surface area contributed by atoms with Gasteiger partial charge in [-0.3, -0.25) is 4.99 Å². The van der Waals surface area contributed by atoms with Crippen molar-refractivity contribution in [2.24, 2.45) is 10.9 Å². The maximum Gasteiger partial charge on any atom is 0.168 e. The Morgan fingerprint density at radius 1 is 1.25 bits per heavy atom. The van der Waals surface area contributed by atoms with Crippen LogP contribution in [0.25, 0.3) is 0 Å². The summed E-state index contributed by atoms with van der Waals surface area (Å²) < 4.78 is 0. The van der Waals surface area contributed by atoms with Gasteiger partial charge in [0, 0.05) is 6.21 Å². The van der Waals surface area contributed by atoms with Gasteiger partial charge in [-0.25, -0.2) is 0 Å². The molecular weight excluding hydrogens is 222 g/mol. The number of hydrogen-bond acceptors (Lipinski definition) is 2. The zero-order chi connectivity index (χ0) is 11.4. The Kier molecular flexibility index (Phi) is 3.22. The average molecular weight is 234 g/mol. The highest BCUT2D eigenvalue weighted by atomic mass is 35.5.